The Morgan fingerprint density at radius 3 is 2.71 bits per heavy atom. The van der Waals surface area contributed by atoms with Gasteiger partial charge >= 0.3 is 0 Å². The molecule has 1 aliphatic rings. The lowest BCUT2D eigenvalue weighted by Gasteiger charge is -2.40. The average Bonchev–Trinajstić information content (AvgIpc) is 2.55. The summed E-state index contributed by atoms with van der Waals surface area (Å²) in [6.07, 6.45) is 4.23. The molecule has 1 aromatic rings. The third-order valence-electron chi connectivity index (χ3n) is 4.47. The second-order valence-corrected chi connectivity index (χ2v) is 5.59. The maximum Gasteiger partial charge on any atom is 0.276 e. The topological polar surface area (TPSA) is 62.7 Å². The summed E-state index contributed by atoms with van der Waals surface area (Å²) >= 11 is 0. The predicted molar refractivity (Wildman–Crippen MR) is 80.4 cm³/mol. The zero-order valence-corrected chi connectivity index (χ0v) is 12.8. The van der Waals surface area contributed by atoms with Gasteiger partial charge in [-0.1, -0.05) is 6.92 Å². The summed E-state index contributed by atoms with van der Waals surface area (Å²) in [6, 6.07) is 3.55. The van der Waals surface area contributed by atoms with Crippen molar-refractivity contribution in [3.63, 3.8) is 0 Å². The zero-order chi connectivity index (χ0) is 15.3. The molecule has 0 unspecified atom stereocenters. The van der Waals surface area contributed by atoms with E-state index in [-0.39, 0.29) is 17.9 Å². The Morgan fingerprint density at radius 1 is 1.43 bits per heavy atom. The third-order valence-corrected chi connectivity index (χ3v) is 4.47. The third kappa shape index (κ3) is 3.35. The number of aliphatic hydroxyl groups is 1. The van der Waals surface area contributed by atoms with Crippen LogP contribution in [0.3, 0.4) is 0 Å². The van der Waals surface area contributed by atoms with Gasteiger partial charge in [0.25, 0.3) is 5.91 Å². The number of amides is 1. The molecule has 2 rings (SSSR count). The van der Waals surface area contributed by atoms with E-state index in [0.717, 1.165) is 19.3 Å². The highest BCUT2D eigenvalue weighted by Crippen LogP contribution is 2.34. The molecule has 0 radical (unpaired) electrons. The molecule has 1 saturated heterocycles. The standard InChI is InChI=1S/C16H24N2O3/c1-3-16(12-19)7-10-18(11-8-16)15(20)14-13(21-4-2)6-5-9-17-14/h5-6,9,19H,3-4,7-8,10-12H2,1-2H3. The Hall–Kier alpha value is -1.62. The molecule has 5 nitrogen and oxygen atoms in total. The number of ether oxygens (including phenoxy) is 1. The Labute approximate surface area is 125 Å². The largest absolute Gasteiger partial charge is 0.491 e. The molecular weight excluding hydrogens is 268 g/mol. The molecule has 1 aliphatic heterocycles. The van der Waals surface area contributed by atoms with Gasteiger partial charge in [-0.2, -0.15) is 0 Å². The van der Waals surface area contributed by atoms with Crippen molar-refractivity contribution in [2.75, 3.05) is 26.3 Å². The summed E-state index contributed by atoms with van der Waals surface area (Å²) in [5.74, 6) is 0.459. The van der Waals surface area contributed by atoms with E-state index in [4.69, 9.17) is 4.74 Å². The highest BCUT2D eigenvalue weighted by Gasteiger charge is 2.34. The number of carbonyl (C=O) groups excluding carboxylic acids is 1. The normalized spacial score (nSPS) is 17.6. The number of aliphatic hydroxyl groups excluding tert-OH is 1. The summed E-state index contributed by atoms with van der Waals surface area (Å²) in [5, 5.41) is 9.56. The number of piperidine rings is 1. The van der Waals surface area contributed by atoms with Gasteiger partial charge in [-0.25, -0.2) is 4.98 Å². The first-order chi connectivity index (χ1) is 10.2. The van der Waals surface area contributed by atoms with Gasteiger partial charge < -0.3 is 14.7 Å². The SMILES string of the molecule is CCOc1cccnc1C(=O)N1CCC(CC)(CO)CC1. The smallest absolute Gasteiger partial charge is 0.276 e. The number of aromatic nitrogens is 1. The highest BCUT2D eigenvalue weighted by atomic mass is 16.5. The van der Waals surface area contributed by atoms with E-state index in [1.807, 2.05) is 11.8 Å². The van der Waals surface area contributed by atoms with Gasteiger partial charge in [-0.15, -0.1) is 0 Å². The van der Waals surface area contributed by atoms with Gasteiger partial charge in [0.1, 0.15) is 0 Å². The van der Waals surface area contributed by atoms with E-state index < -0.39 is 0 Å². The summed E-state index contributed by atoms with van der Waals surface area (Å²) in [7, 11) is 0. The van der Waals surface area contributed by atoms with Crippen LogP contribution in [0.15, 0.2) is 18.3 Å². The van der Waals surface area contributed by atoms with E-state index in [2.05, 4.69) is 11.9 Å². The average molecular weight is 292 g/mol. The molecule has 1 aromatic heterocycles. The lowest BCUT2D eigenvalue weighted by atomic mass is 9.77. The molecule has 21 heavy (non-hydrogen) atoms. The molecular formula is C16H24N2O3. The number of hydrogen-bond donors (Lipinski definition) is 1. The van der Waals surface area contributed by atoms with Crippen molar-refractivity contribution in [3.8, 4) is 5.75 Å². The van der Waals surface area contributed by atoms with Crippen LogP contribution in [0.2, 0.25) is 0 Å². The predicted octanol–water partition coefficient (Wildman–Crippen LogP) is 2.10. The quantitative estimate of drug-likeness (QED) is 0.903. The number of nitrogens with zero attached hydrogens (tertiary/aromatic N) is 2. The van der Waals surface area contributed by atoms with Gasteiger partial charge in [0, 0.05) is 25.9 Å². The number of carbonyl (C=O) groups is 1. The van der Waals surface area contributed by atoms with Crippen molar-refractivity contribution in [2.45, 2.75) is 33.1 Å². The van der Waals surface area contributed by atoms with Crippen LogP contribution in [-0.2, 0) is 0 Å². The molecule has 2 heterocycles. The van der Waals surface area contributed by atoms with Crippen molar-refractivity contribution in [1.29, 1.82) is 0 Å². The van der Waals surface area contributed by atoms with Crippen molar-refractivity contribution in [2.24, 2.45) is 5.41 Å². The fourth-order valence-corrected chi connectivity index (χ4v) is 2.78. The van der Waals surface area contributed by atoms with Crippen LogP contribution >= 0.6 is 0 Å². The van der Waals surface area contributed by atoms with Crippen molar-refractivity contribution < 1.29 is 14.6 Å². The van der Waals surface area contributed by atoms with Gasteiger partial charge in [0.15, 0.2) is 11.4 Å². The summed E-state index contributed by atoms with van der Waals surface area (Å²) in [6.45, 7) is 6.01. The fraction of sp³-hybridized carbons (Fsp3) is 0.625. The van der Waals surface area contributed by atoms with Crippen molar-refractivity contribution in [3.05, 3.63) is 24.0 Å². The van der Waals surface area contributed by atoms with Crippen LogP contribution < -0.4 is 4.74 Å². The maximum absolute atomic E-state index is 12.6. The van der Waals surface area contributed by atoms with Gasteiger partial charge in [-0.05, 0) is 43.7 Å². The Kier molecular flexibility index (Phi) is 5.17. The first-order valence-electron chi connectivity index (χ1n) is 7.63. The van der Waals surface area contributed by atoms with Crippen LogP contribution in [0.25, 0.3) is 0 Å². The number of pyridine rings is 1. The summed E-state index contributed by atoms with van der Waals surface area (Å²) in [4.78, 5) is 18.6. The Bertz CT molecular complexity index is 476. The minimum Gasteiger partial charge on any atom is -0.491 e. The molecule has 5 heteroatoms. The number of rotatable bonds is 5. The first-order valence-corrected chi connectivity index (χ1v) is 7.63. The summed E-state index contributed by atoms with van der Waals surface area (Å²) < 4.78 is 5.48. The van der Waals surface area contributed by atoms with Crippen LogP contribution in [0.5, 0.6) is 5.75 Å². The zero-order valence-electron chi connectivity index (χ0n) is 12.8. The lowest BCUT2D eigenvalue weighted by Crippen LogP contribution is -2.44. The second-order valence-electron chi connectivity index (χ2n) is 5.59. The maximum atomic E-state index is 12.6. The van der Waals surface area contributed by atoms with Crippen LogP contribution in [-0.4, -0.2) is 47.2 Å². The van der Waals surface area contributed by atoms with Crippen LogP contribution in [0.4, 0.5) is 0 Å². The summed E-state index contributed by atoms with van der Waals surface area (Å²) in [5.41, 5.74) is 0.358. The van der Waals surface area contributed by atoms with Crippen molar-refractivity contribution in [1.82, 2.24) is 9.88 Å². The van der Waals surface area contributed by atoms with E-state index in [1.54, 1.807) is 18.3 Å². The molecule has 0 saturated carbocycles. The fourth-order valence-electron chi connectivity index (χ4n) is 2.78. The van der Waals surface area contributed by atoms with E-state index >= 15 is 0 Å². The number of hydrogen-bond acceptors (Lipinski definition) is 4. The minimum atomic E-state index is -0.0818. The monoisotopic (exact) mass is 292 g/mol. The molecule has 0 aromatic carbocycles. The number of likely N-dealkylation sites (tertiary alicyclic amines) is 1. The highest BCUT2D eigenvalue weighted by molar-refractivity contribution is 5.95. The van der Waals surface area contributed by atoms with E-state index in [9.17, 15) is 9.90 Å². The van der Waals surface area contributed by atoms with Gasteiger partial charge in [0.2, 0.25) is 0 Å². The van der Waals surface area contributed by atoms with Crippen molar-refractivity contribution >= 4 is 5.91 Å². The molecule has 1 N–H and O–H groups in total. The molecule has 0 bridgehead atoms. The molecule has 1 fully saturated rings. The minimum absolute atomic E-state index is 0.0242. The molecule has 0 spiro atoms. The van der Waals surface area contributed by atoms with Gasteiger partial charge in [-0.3, -0.25) is 4.79 Å². The molecule has 116 valence electrons. The first kappa shape index (κ1) is 15.8. The molecule has 1 amide bonds. The van der Waals surface area contributed by atoms with Crippen LogP contribution in [0.1, 0.15) is 43.6 Å². The van der Waals surface area contributed by atoms with E-state index in [0.29, 0.717) is 31.1 Å². The lowest BCUT2D eigenvalue weighted by molar-refractivity contribution is 0.0332. The van der Waals surface area contributed by atoms with Crippen LogP contribution in [0, 0.1) is 5.41 Å². The molecule has 0 atom stereocenters. The van der Waals surface area contributed by atoms with E-state index in [1.165, 1.54) is 0 Å². The Morgan fingerprint density at radius 2 is 2.14 bits per heavy atom. The molecule has 0 aliphatic carbocycles. The Balaban J connectivity index is 2.09. The second kappa shape index (κ2) is 6.89. The van der Waals surface area contributed by atoms with Gasteiger partial charge in [0.05, 0.1) is 6.61 Å².